The van der Waals surface area contributed by atoms with Crippen LogP contribution in [0.3, 0.4) is 0 Å². The second-order valence-corrected chi connectivity index (χ2v) is 7.82. The number of amides is 1. The van der Waals surface area contributed by atoms with E-state index < -0.39 is 41.0 Å². The van der Waals surface area contributed by atoms with E-state index in [0.29, 0.717) is 0 Å². The van der Waals surface area contributed by atoms with Crippen LogP contribution >= 0.6 is 0 Å². The van der Waals surface area contributed by atoms with Gasteiger partial charge in [0.05, 0.1) is 24.9 Å². The second-order valence-electron chi connectivity index (χ2n) is 7.82. The molecule has 0 saturated heterocycles. The lowest BCUT2D eigenvalue weighted by atomic mass is 10.1. The molecule has 0 aliphatic carbocycles. The van der Waals surface area contributed by atoms with Crippen LogP contribution in [0, 0.1) is 18.2 Å². The monoisotopic (exact) mass is 526 g/mol. The topological polar surface area (TPSA) is 78.8 Å². The summed E-state index contributed by atoms with van der Waals surface area (Å²) < 4.78 is 66.5. The highest BCUT2D eigenvalue weighted by Gasteiger charge is 2.27. The van der Waals surface area contributed by atoms with E-state index in [1.54, 1.807) is 0 Å². The summed E-state index contributed by atoms with van der Waals surface area (Å²) in [5.41, 5.74) is -1.84. The van der Waals surface area contributed by atoms with Gasteiger partial charge in [-0.1, -0.05) is 12.1 Å². The maximum absolute atomic E-state index is 15.1. The van der Waals surface area contributed by atoms with Gasteiger partial charge in [-0.05, 0) is 36.4 Å². The van der Waals surface area contributed by atoms with Crippen LogP contribution < -0.4 is 20.3 Å². The normalized spacial score (nSPS) is 10.8. The zero-order chi connectivity index (χ0) is 27.6. The first-order valence-corrected chi connectivity index (χ1v) is 10.8. The van der Waals surface area contributed by atoms with Crippen molar-refractivity contribution in [3.05, 3.63) is 99.6 Å². The zero-order valence-corrected chi connectivity index (χ0v) is 19.8. The molecule has 0 radical (unpaired) electrons. The predicted molar refractivity (Wildman–Crippen MR) is 130 cm³/mol. The highest BCUT2D eigenvalue weighted by atomic mass is 19.3. The molecule has 0 spiro atoms. The number of benzene rings is 3. The van der Waals surface area contributed by atoms with Gasteiger partial charge in [0.25, 0.3) is 11.5 Å². The van der Waals surface area contributed by atoms with Crippen LogP contribution in [0.2, 0.25) is 0 Å². The fourth-order valence-corrected chi connectivity index (χ4v) is 3.86. The van der Waals surface area contributed by atoms with Gasteiger partial charge in [0.1, 0.15) is 34.5 Å². The number of nitrogens with zero attached hydrogens (tertiary/aromatic N) is 3. The third-order valence-corrected chi connectivity index (χ3v) is 5.54. The van der Waals surface area contributed by atoms with Gasteiger partial charge in [0.15, 0.2) is 5.69 Å². The number of methoxy groups -OCH3 is 1. The second kappa shape index (κ2) is 10.5. The molecule has 38 heavy (non-hydrogen) atoms. The summed E-state index contributed by atoms with van der Waals surface area (Å²) >= 11 is 0. The third-order valence-electron chi connectivity index (χ3n) is 5.54. The van der Waals surface area contributed by atoms with Gasteiger partial charge in [-0.25, -0.2) is 18.3 Å². The Hall–Kier alpha value is -5.05. The van der Waals surface area contributed by atoms with E-state index in [9.17, 15) is 18.4 Å². The lowest BCUT2D eigenvalue weighted by molar-refractivity contribution is -0.0498. The number of hydrogen-bond donors (Lipinski definition) is 1. The van der Waals surface area contributed by atoms with E-state index in [2.05, 4.69) is 14.9 Å². The number of ether oxygens (including phenoxy) is 2. The van der Waals surface area contributed by atoms with Crippen molar-refractivity contribution in [1.29, 1.82) is 0 Å². The van der Waals surface area contributed by atoms with Crippen LogP contribution in [0.5, 0.6) is 11.5 Å². The van der Waals surface area contributed by atoms with Crippen molar-refractivity contribution < 1.29 is 31.8 Å². The third kappa shape index (κ3) is 4.94. The minimum Gasteiger partial charge on any atom is -0.497 e. The number of rotatable bonds is 7. The van der Waals surface area contributed by atoms with Gasteiger partial charge in [0, 0.05) is 24.7 Å². The Kier molecular flexibility index (Phi) is 7.20. The van der Waals surface area contributed by atoms with Crippen LogP contribution in [0.25, 0.3) is 21.8 Å². The molecule has 0 unspecified atom stereocenters. The Labute approximate surface area is 213 Å². The minimum atomic E-state index is -3.06. The van der Waals surface area contributed by atoms with Gasteiger partial charge < -0.3 is 14.8 Å². The summed E-state index contributed by atoms with van der Waals surface area (Å²) in [4.78, 5) is 29.9. The lowest BCUT2D eigenvalue weighted by Gasteiger charge is -2.13. The Morgan fingerprint density at radius 2 is 1.68 bits per heavy atom. The van der Waals surface area contributed by atoms with E-state index in [-0.39, 0.29) is 34.1 Å². The molecule has 0 saturated carbocycles. The number of nitrogens with one attached hydrogen (secondary N) is 1. The van der Waals surface area contributed by atoms with E-state index in [4.69, 9.17) is 11.3 Å². The number of hydrogen-bond acceptors (Lipinski definition) is 4. The molecule has 1 heterocycles. The average molecular weight is 526 g/mol. The minimum absolute atomic E-state index is 0.0435. The van der Waals surface area contributed by atoms with Crippen molar-refractivity contribution in [2.75, 3.05) is 12.4 Å². The molecule has 0 aliphatic heterocycles. The van der Waals surface area contributed by atoms with Gasteiger partial charge in [-0.3, -0.25) is 14.3 Å². The lowest BCUT2D eigenvalue weighted by Crippen LogP contribution is -2.23. The van der Waals surface area contributed by atoms with Crippen molar-refractivity contribution in [1.82, 2.24) is 9.36 Å². The summed E-state index contributed by atoms with van der Waals surface area (Å²) in [6.45, 7) is 4.18. The molecule has 0 aliphatic rings. The number of carbonyl (C=O) groups excluding carboxylic acids is 1. The quantitative estimate of drug-likeness (QED) is 0.254. The highest BCUT2D eigenvalue weighted by molar-refractivity contribution is 6.06. The van der Waals surface area contributed by atoms with Crippen LogP contribution in [-0.2, 0) is 7.05 Å². The Morgan fingerprint density at radius 3 is 2.26 bits per heavy atom. The molecule has 0 fully saturated rings. The average Bonchev–Trinajstić information content (AvgIpc) is 3.12. The van der Waals surface area contributed by atoms with Crippen molar-refractivity contribution in [2.24, 2.45) is 7.05 Å². The smallest absolute Gasteiger partial charge is 0.387 e. The van der Waals surface area contributed by atoms with E-state index in [1.165, 1.54) is 50.6 Å². The molecule has 0 atom stereocenters. The zero-order valence-electron chi connectivity index (χ0n) is 19.8. The number of carbonyl (C=O) groups is 1. The summed E-state index contributed by atoms with van der Waals surface area (Å²) in [6, 6.07) is 12.4. The van der Waals surface area contributed by atoms with E-state index in [1.807, 2.05) is 0 Å². The number of anilines is 1. The van der Waals surface area contributed by atoms with Gasteiger partial charge in [0.2, 0.25) is 0 Å². The summed E-state index contributed by atoms with van der Waals surface area (Å²) in [7, 11) is 2.59. The molecule has 1 N–H and O–H groups in total. The largest absolute Gasteiger partial charge is 0.497 e. The van der Waals surface area contributed by atoms with Crippen LogP contribution in [0.1, 0.15) is 10.4 Å². The summed E-state index contributed by atoms with van der Waals surface area (Å²) in [5.74, 6) is -3.27. The number of aromatic nitrogens is 2. The fourth-order valence-electron chi connectivity index (χ4n) is 3.86. The van der Waals surface area contributed by atoms with Gasteiger partial charge in [-0.15, -0.1) is 0 Å². The first-order valence-electron chi connectivity index (χ1n) is 10.8. The first kappa shape index (κ1) is 26.0. The molecule has 3 aromatic carbocycles. The molecule has 12 heteroatoms. The maximum Gasteiger partial charge on any atom is 0.387 e. The van der Waals surface area contributed by atoms with Crippen molar-refractivity contribution in [3.8, 4) is 28.4 Å². The maximum atomic E-state index is 15.1. The number of alkyl halides is 2. The standard InChI is InChI=1S/C26H18F4N4O4/c1-31-15-5-4-6-16(11-15)34-25(36)22(32-24(35)14-7-9-17(10-8-14)38-26(29)30)23(33(34)2)21-19(27)12-18(37-3)13-20(21)28/h4-13,26H,2-3H3,(H,32,35). The van der Waals surface area contributed by atoms with E-state index in [0.717, 1.165) is 33.6 Å². The molecule has 4 aromatic rings. The molecule has 0 bridgehead atoms. The van der Waals surface area contributed by atoms with Crippen molar-refractivity contribution in [3.63, 3.8) is 0 Å². The van der Waals surface area contributed by atoms with Gasteiger partial charge >= 0.3 is 6.61 Å². The van der Waals surface area contributed by atoms with Crippen molar-refractivity contribution >= 4 is 17.3 Å². The Morgan fingerprint density at radius 1 is 1.03 bits per heavy atom. The number of halogens is 4. The Bertz CT molecular complexity index is 1600. The first-order chi connectivity index (χ1) is 18.1. The molecular weight excluding hydrogens is 508 g/mol. The predicted octanol–water partition coefficient (Wildman–Crippen LogP) is 5.53. The summed E-state index contributed by atoms with van der Waals surface area (Å²) in [5, 5.41) is 2.39. The molecule has 4 rings (SSSR count). The van der Waals surface area contributed by atoms with E-state index >= 15 is 8.78 Å². The van der Waals surface area contributed by atoms with Crippen molar-refractivity contribution in [2.45, 2.75) is 6.61 Å². The molecule has 1 aromatic heterocycles. The van der Waals surface area contributed by atoms with Crippen LogP contribution in [0.15, 0.2) is 65.5 Å². The molecule has 8 nitrogen and oxygen atoms in total. The van der Waals surface area contributed by atoms with Crippen LogP contribution in [-0.4, -0.2) is 29.0 Å². The SMILES string of the molecule is [C-]#[N+]c1cccc(-n2c(=O)c(NC(=O)c3ccc(OC(F)F)cc3)c(-c3c(F)cc(OC)cc3F)n2C)c1. The molecular formula is C26H18F4N4O4. The Balaban J connectivity index is 1.88. The summed E-state index contributed by atoms with van der Waals surface area (Å²) in [6.07, 6.45) is 0. The molecule has 194 valence electrons. The van der Waals surface area contributed by atoms with Gasteiger partial charge in [-0.2, -0.15) is 8.78 Å². The van der Waals surface area contributed by atoms with Crippen LogP contribution in [0.4, 0.5) is 28.9 Å². The molecule has 1 amide bonds. The fraction of sp³-hybridized carbons (Fsp3) is 0.115. The highest BCUT2D eigenvalue weighted by Crippen LogP contribution is 2.34.